The third kappa shape index (κ3) is 6.19. The molecule has 2 heterocycles. The number of amides is 1. The summed E-state index contributed by atoms with van der Waals surface area (Å²) in [5, 5.41) is 12.0. The van der Waals surface area contributed by atoms with Gasteiger partial charge in [-0.05, 0) is 30.7 Å². The van der Waals surface area contributed by atoms with Crippen molar-refractivity contribution in [3.8, 4) is 17.2 Å². The van der Waals surface area contributed by atoms with Crippen molar-refractivity contribution in [1.29, 1.82) is 0 Å². The minimum atomic E-state index is -0.425. The predicted octanol–water partition coefficient (Wildman–Crippen LogP) is 5.04. The van der Waals surface area contributed by atoms with E-state index in [0.29, 0.717) is 34.7 Å². The molecule has 180 valence electrons. The Morgan fingerprint density at radius 2 is 2.00 bits per heavy atom. The topological polar surface area (TPSA) is 87.5 Å². The molecule has 2 aromatic carbocycles. The lowest BCUT2D eigenvalue weighted by molar-refractivity contribution is -0.113. The average molecular weight is 487 g/mol. The van der Waals surface area contributed by atoms with E-state index in [-0.39, 0.29) is 30.8 Å². The number of hydrogen-bond acceptors (Lipinski definition) is 7. The van der Waals surface area contributed by atoms with Gasteiger partial charge in [0.15, 0.2) is 34.0 Å². The van der Waals surface area contributed by atoms with Gasteiger partial charge in [-0.3, -0.25) is 4.79 Å². The molecule has 1 aromatic heterocycles. The van der Waals surface area contributed by atoms with Crippen LogP contribution in [0.4, 0.5) is 10.1 Å². The van der Waals surface area contributed by atoms with Gasteiger partial charge in [0.05, 0.1) is 5.75 Å². The van der Waals surface area contributed by atoms with E-state index in [0.717, 1.165) is 25.7 Å². The van der Waals surface area contributed by atoms with Crippen LogP contribution in [0.2, 0.25) is 0 Å². The molecule has 1 aliphatic rings. The van der Waals surface area contributed by atoms with Crippen molar-refractivity contribution < 1.29 is 23.4 Å². The van der Waals surface area contributed by atoms with Crippen molar-refractivity contribution >= 4 is 23.4 Å². The van der Waals surface area contributed by atoms with Gasteiger partial charge in [-0.15, -0.1) is 10.2 Å². The van der Waals surface area contributed by atoms with Crippen molar-refractivity contribution in [3.05, 3.63) is 54.1 Å². The first-order chi connectivity index (χ1) is 16.6. The van der Waals surface area contributed by atoms with Crippen LogP contribution in [-0.2, 0) is 17.9 Å². The second-order valence-corrected chi connectivity index (χ2v) is 8.68. The van der Waals surface area contributed by atoms with Gasteiger partial charge in [0, 0.05) is 18.3 Å². The molecule has 0 saturated carbocycles. The van der Waals surface area contributed by atoms with Crippen LogP contribution in [0, 0.1) is 5.82 Å². The molecule has 0 aliphatic carbocycles. The van der Waals surface area contributed by atoms with Crippen LogP contribution >= 0.6 is 11.8 Å². The summed E-state index contributed by atoms with van der Waals surface area (Å²) in [6, 6.07) is 11.5. The molecule has 1 aliphatic heterocycles. The molecule has 0 atom stereocenters. The van der Waals surface area contributed by atoms with Crippen molar-refractivity contribution in [1.82, 2.24) is 14.8 Å². The lowest BCUT2D eigenvalue weighted by atomic mass is 10.2. The fourth-order valence-corrected chi connectivity index (χ4v) is 4.24. The highest BCUT2D eigenvalue weighted by Crippen LogP contribution is 2.34. The fourth-order valence-electron chi connectivity index (χ4n) is 3.46. The first kappa shape index (κ1) is 23.9. The number of ether oxygens (including phenoxy) is 3. The highest BCUT2D eigenvalue weighted by molar-refractivity contribution is 7.99. The summed E-state index contributed by atoms with van der Waals surface area (Å²) in [7, 11) is 0. The summed E-state index contributed by atoms with van der Waals surface area (Å²) in [5.41, 5.74) is 0.634. The number of benzene rings is 2. The number of carbonyl (C=O) groups is 1. The number of rotatable bonds is 12. The molecule has 3 aromatic rings. The smallest absolute Gasteiger partial charge is 0.234 e. The maximum Gasteiger partial charge on any atom is 0.234 e. The summed E-state index contributed by atoms with van der Waals surface area (Å²) >= 11 is 1.30. The molecule has 8 nitrogen and oxygen atoms in total. The summed E-state index contributed by atoms with van der Waals surface area (Å²) in [5.74, 6) is 1.60. The highest BCUT2D eigenvalue weighted by atomic mass is 32.2. The Hall–Kier alpha value is -3.27. The first-order valence-electron chi connectivity index (χ1n) is 11.3. The minimum Gasteiger partial charge on any atom is -0.483 e. The van der Waals surface area contributed by atoms with Gasteiger partial charge in [-0.25, -0.2) is 4.39 Å². The number of unbranched alkanes of at least 4 members (excludes halogenated alkanes) is 3. The van der Waals surface area contributed by atoms with Gasteiger partial charge in [0.1, 0.15) is 6.61 Å². The number of halogens is 1. The first-order valence-corrected chi connectivity index (χ1v) is 12.2. The van der Waals surface area contributed by atoms with Crippen LogP contribution in [-0.4, -0.2) is 33.2 Å². The molecule has 0 fully saturated rings. The molecule has 0 radical (unpaired) electrons. The third-order valence-corrected chi connectivity index (χ3v) is 6.18. The number of nitrogens with one attached hydrogen (secondary N) is 1. The zero-order valence-electron chi connectivity index (χ0n) is 19.0. The Morgan fingerprint density at radius 3 is 2.85 bits per heavy atom. The lowest BCUT2D eigenvalue weighted by Gasteiger charge is -2.11. The van der Waals surface area contributed by atoms with E-state index in [1.165, 1.54) is 17.8 Å². The summed E-state index contributed by atoms with van der Waals surface area (Å²) < 4.78 is 32.1. The van der Waals surface area contributed by atoms with Crippen LogP contribution in [0.1, 0.15) is 38.4 Å². The normalized spacial score (nSPS) is 12.1. The number of thioether (sulfide) groups is 1. The second-order valence-electron chi connectivity index (χ2n) is 7.74. The Morgan fingerprint density at radius 1 is 1.15 bits per heavy atom. The van der Waals surface area contributed by atoms with Crippen LogP contribution in [0.15, 0.2) is 47.6 Å². The quantitative estimate of drug-likeness (QED) is 0.284. The number of anilines is 1. The van der Waals surface area contributed by atoms with E-state index in [2.05, 4.69) is 22.4 Å². The zero-order valence-corrected chi connectivity index (χ0v) is 19.8. The van der Waals surface area contributed by atoms with Crippen LogP contribution in [0.25, 0.3) is 0 Å². The van der Waals surface area contributed by atoms with Crippen molar-refractivity contribution in [3.63, 3.8) is 0 Å². The van der Waals surface area contributed by atoms with Crippen molar-refractivity contribution in [2.24, 2.45) is 0 Å². The molecular formula is C24H27FN4O4S. The zero-order chi connectivity index (χ0) is 23.8. The predicted molar refractivity (Wildman–Crippen MR) is 127 cm³/mol. The van der Waals surface area contributed by atoms with Gasteiger partial charge in [0.2, 0.25) is 12.7 Å². The molecular weight excluding hydrogens is 459 g/mol. The van der Waals surface area contributed by atoms with Gasteiger partial charge < -0.3 is 24.1 Å². The summed E-state index contributed by atoms with van der Waals surface area (Å²) in [6.07, 6.45) is 4.31. The molecule has 0 unspecified atom stereocenters. The number of hydrogen-bond donors (Lipinski definition) is 1. The third-order valence-electron chi connectivity index (χ3n) is 5.21. The number of aromatic nitrogens is 3. The summed E-state index contributed by atoms with van der Waals surface area (Å²) in [6.45, 7) is 3.13. The second kappa shape index (κ2) is 11.7. The molecule has 0 saturated heterocycles. The minimum absolute atomic E-state index is 0.0890. The number of fused-ring (bicyclic) bond motifs is 1. The number of nitrogens with zero attached hydrogens (tertiary/aromatic N) is 3. The monoisotopic (exact) mass is 486 g/mol. The SMILES string of the molecule is CCCCCCn1c(COc2ccccc2F)nnc1SCC(=O)Nc1ccc2c(c1)OCO2. The fraction of sp³-hybridized carbons (Fsp3) is 0.375. The Labute approximate surface area is 201 Å². The van der Waals surface area contributed by atoms with Gasteiger partial charge in [0.25, 0.3) is 0 Å². The van der Waals surface area contributed by atoms with E-state index >= 15 is 0 Å². The van der Waals surface area contributed by atoms with E-state index in [4.69, 9.17) is 14.2 Å². The molecule has 1 amide bonds. The largest absolute Gasteiger partial charge is 0.483 e. The molecule has 4 rings (SSSR count). The maximum absolute atomic E-state index is 13.9. The number of para-hydroxylation sites is 1. The molecule has 1 N–H and O–H groups in total. The Bertz CT molecular complexity index is 1120. The van der Waals surface area contributed by atoms with E-state index < -0.39 is 5.82 Å². The van der Waals surface area contributed by atoms with E-state index in [1.54, 1.807) is 36.4 Å². The average Bonchev–Trinajstić information content (AvgIpc) is 3.46. The van der Waals surface area contributed by atoms with Crippen LogP contribution in [0.3, 0.4) is 0 Å². The van der Waals surface area contributed by atoms with Gasteiger partial charge in [-0.1, -0.05) is 50.1 Å². The Kier molecular flexibility index (Phi) is 8.24. The summed E-state index contributed by atoms with van der Waals surface area (Å²) in [4.78, 5) is 12.5. The number of carbonyl (C=O) groups excluding carboxylic acids is 1. The molecule has 10 heteroatoms. The van der Waals surface area contributed by atoms with Gasteiger partial charge in [-0.2, -0.15) is 0 Å². The van der Waals surface area contributed by atoms with E-state index in [9.17, 15) is 9.18 Å². The van der Waals surface area contributed by atoms with Gasteiger partial charge >= 0.3 is 0 Å². The van der Waals surface area contributed by atoms with Crippen LogP contribution < -0.4 is 19.5 Å². The lowest BCUT2D eigenvalue weighted by Crippen LogP contribution is -2.15. The standard InChI is InChI=1S/C24H27FN4O4S/c1-2-3-4-7-12-29-22(14-31-19-9-6-5-8-18(19)25)27-28-24(29)34-15-23(30)26-17-10-11-20-21(13-17)33-16-32-20/h5-6,8-11,13H,2-4,7,12,14-16H2,1H3,(H,26,30). The highest BCUT2D eigenvalue weighted by Gasteiger charge is 2.17. The van der Waals surface area contributed by atoms with Crippen LogP contribution in [0.5, 0.6) is 17.2 Å². The Balaban J connectivity index is 1.38. The van der Waals surface area contributed by atoms with Crippen molar-refractivity contribution in [2.45, 2.75) is 50.9 Å². The molecule has 34 heavy (non-hydrogen) atoms. The maximum atomic E-state index is 13.9. The molecule has 0 bridgehead atoms. The molecule has 0 spiro atoms. The van der Waals surface area contributed by atoms with Crippen molar-refractivity contribution in [2.75, 3.05) is 17.9 Å². The van der Waals surface area contributed by atoms with E-state index in [1.807, 2.05) is 4.57 Å².